The Hall–Kier alpha value is -9.63. The summed E-state index contributed by atoms with van der Waals surface area (Å²) in [5.41, 5.74) is 5.56. The van der Waals surface area contributed by atoms with Crippen LogP contribution in [0.2, 0.25) is 0 Å². The number of aromatic nitrogens is 8. The largest absolute Gasteiger partial charge is 0.0622 e. The average molecular weight is 1710 g/mol. The van der Waals surface area contributed by atoms with Crippen molar-refractivity contribution < 1.29 is 43.9 Å². The van der Waals surface area contributed by atoms with E-state index < -0.39 is 38.5 Å². The Kier molecular flexibility index (Phi) is 28.4. The van der Waals surface area contributed by atoms with E-state index in [2.05, 4.69) is 267 Å². The van der Waals surface area contributed by atoms with Gasteiger partial charge in [-0.25, -0.2) is 22.4 Å². The Morgan fingerprint density at radius 1 is 0.449 bits per heavy atom. The van der Waals surface area contributed by atoms with E-state index in [1.54, 1.807) is 80.1 Å². The van der Waals surface area contributed by atoms with Gasteiger partial charge in [0.1, 0.15) is 22.7 Å². The van der Waals surface area contributed by atoms with E-state index in [9.17, 15) is 18.5 Å². The first-order valence-electron chi connectivity index (χ1n) is 33.6. The molecule has 0 radical (unpaired) electrons. The minimum Gasteiger partial charge on any atom is -0.0622 e. The van der Waals surface area contributed by atoms with E-state index in [0.29, 0.717) is 22.2 Å². The van der Waals surface area contributed by atoms with Crippen molar-refractivity contribution in [3.8, 4) is 22.6 Å². The molecule has 2 N–H and O–H groups in total. The van der Waals surface area contributed by atoms with Crippen LogP contribution in [0.5, 0.6) is 11.5 Å². The van der Waals surface area contributed by atoms with Crippen LogP contribution in [0.25, 0.3) is 33.2 Å². The Labute approximate surface area is 656 Å². The molecule has 0 spiro atoms. The topological polar surface area (TPSA) is 164 Å². The molecule has 0 amide bonds. The minimum atomic E-state index is -3.78. The summed E-state index contributed by atoms with van der Waals surface area (Å²) in [5.74, 6) is 1.36. The fourth-order valence-corrected chi connectivity index (χ4v) is 18.9. The van der Waals surface area contributed by atoms with Crippen molar-refractivity contribution in [3.05, 3.63) is 385 Å². The third kappa shape index (κ3) is 19.4. The molecule has 540 valence electrons. The molecule has 0 aliphatic carbocycles. The van der Waals surface area contributed by atoms with Crippen LogP contribution in [0, 0.1) is 3.57 Å². The molecule has 0 saturated carbocycles. The number of hydrogen-bond acceptors (Lipinski definition) is 10. The second kappa shape index (κ2) is 38.8. The maximum absolute atomic E-state index is 13.1. The molecule has 6 heterocycles. The van der Waals surface area contributed by atoms with Crippen molar-refractivity contribution in [2.75, 3.05) is 14.2 Å². The van der Waals surface area contributed by atoms with Gasteiger partial charge in [-0.05, 0) is 111 Å². The molecule has 22 heteroatoms. The van der Waals surface area contributed by atoms with Gasteiger partial charge < -0.3 is 24.1 Å². The number of ether oxygens (including phenoxy) is 2. The zero-order valence-corrected chi connectivity index (χ0v) is 66.4. The fourth-order valence-electron chi connectivity index (χ4n) is 12.1. The van der Waals surface area contributed by atoms with Gasteiger partial charge in [-0.2, -0.15) is 10.2 Å². The first-order valence-corrected chi connectivity index (χ1v) is 42.8. The SMILES string of the molecule is COc1cnc2c(c1)c(-c1cnn(C)c1)cn2S(=O)(=O)c1ccccc1.COc1cnc2c(c1)c(I)cn2C.OB(O)c1cnn(C(c2ccccc2)(c2ccccc2)c2ccccc2)c1.[Cl][Pd][Cl].c1ccc(P(c2ccccc2)c2ccccc2)cc1.c1ccc(P(c2ccccc2)c2ccccc2)cc1. The first kappa shape index (κ1) is 78.4. The van der Waals surface area contributed by atoms with Crippen molar-refractivity contribution in [1.82, 2.24) is 38.1 Å². The minimum absolute atomic E-state index is 0.106. The standard InChI is InChI=1S/C22H19BN2O2.C18H16N4O3S.2C18H15P.C9H9IN2O.2ClH.Pd/c26-23(27)21-16-24-25(17-21)22(18-10-4-1-5-11-18,19-12-6-2-7-13-19)20-14-8-3-9-15-20;1-21-11-13(9-20-21)17-12-22(18-16(17)8-14(25-2)10-19-18)26(23,24)15-6-4-3-5-7-15;2*1-4-10-16(11-5-1)19(17-12-6-2-7-13-17)18-14-8-3-9-15-18;1-12-5-8(10)7-3-6(13-2)4-11-9(7)12;;;/h1-17,26-27H;3-12H,1-2H3;2*1-15H;3-5H,1-2H3;2*1H;/q;;;;;;;+2/p-2. The predicted octanol–water partition coefficient (Wildman–Crippen LogP) is 15.5. The Morgan fingerprint density at radius 2 is 0.794 bits per heavy atom. The molecular weight excluding hydrogens is 1640 g/mol. The van der Waals surface area contributed by atoms with Crippen LogP contribution in [-0.4, -0.2) is 77.9 Å². The van der Waals surface area contributed by atoms with E-state index in [1.807, 2.05) is 90.2 Å². The third-order valence-electron chi connectivity index (χ3n) is 17.0. The average Bonchev–Trinajstić information content (AvgIpc) is 1.74. The van der Waals surface area contributed by atoms with Crippen LogP contribution in [0.4, 0.5) is 0 Å². The van der Waals surface area contributed by atoms with Crippen LogP contribution in [-0.2, 0) is 45.6 Å². The van der Waals surface area contributed by atoms with Crippen molar-refractivity contribution in [1.29, 1.82) is 0 Å². The summed E-state index contributed by atoms with van der Waals surface area (Å²) >= 11 is 2.19. The molecule has 0 unspecified atom stereocenters. The van der Waals surface area contributed by atoms with Crippen LogP contribution in [0.1, 0.15) is 16.7 Å². The molecule has 0 saturated heterocycles. The number of rotatable bonds is 16. The van der Waals surface area contributed by atoms with E-state index >= 15 is 0 Å². The van der Waals surface area contributed by atoms with Crippen LogP contribution in [0.3, 0.4) is 0 Å². The number of benzene rings is 10. The van der Waals surface area contributed by atoms with E-state index in [0.717, 1.165) is 44.6 Å². The number of aryl methyl sites for hydroxylation is 2. The smallest absolute Gasteiger partial charge is 0.0134 e. The third-order valence-corrected chi connectivity index (χ3v) is 24.4. The fraction of sp³-hybridized carbons (Fsp3) is 0.0588. The van der Waals surface area contributed by atoms with Gasteiger partial charge in [0.15, 0.2) is 5.65 Å². The summed E-state index contributed by atoms with van der Waals surface area (Å²) < 4.78 is 44.5. The summed E-state index contributed by atoms with van der Waals surface area (Å²) in [6.45, 7) is 0. The monoisotopic (exact) mass is 1710 g/mol. The number of methoxy groups -OCH3 is 2. The Bertz CT molecular complexity index is 5090. The van der Waals surface area contributed by atoms with Gasteiger partial charge in [-0.3, -0.25) is 9.36 Å². The maximum atomic E-state index is 13.1. The molecule has 0 aliphatic rings. The van der Waals surface area contributed by atoms with Gasteiger partial charge in [0, 0.05) is 76.0 Å². The van der Waals surface area contributed by atoms with Crippen molar-refractivity contribution in [2.24, 2.45) is 14.1 Å². The van der Waals surface area contributed by atoms with E-state index in [4.69, 9.17) is 28.5 Å². The maximum Gasteiger partial charge on any atom is -0.0134 e. The first-order chi connectivity index (χ1) is 52.3. The van der Waals surface area contributed by atoms with Gasteiger partial charge in [0.25, 0.3) is 10.0 Å². The van der Waals surface area contributed by atoms with Gasteiger partial charge in [-0.15, -0.1) is 0 Å². The van der Waals surface area contributed by atoms with Gasteiger partial charge in [-0.1, -0.05) is 291 Å². The number of hydrogen-bond donors (Lipinski definition) is 2. The number of nitrogens with zero attached hydrogens (tertiary/aromatic N) is 8. The molecule has 0 bridgehead atoms. The van der Waals surface area contributed by atoms with Crippen molar-refractivity contribution in [3.63, 3.8) is 0 Å². The molecule has 0 atom stereocenters. The molecule has 16 aromatic rings. The number of pyridine rings is 2. The summed E-state index contributed by atoms with van der Waals surface area (Å²) in [5, 5.41) is 38.2. The summed E-state index contributed by atoms with van der Waals surface area (Å²) in [4.78, 5) is 8.83. The molecule has 0 aliphatic heterocycles. The second-order valence-corrected chi connectivity index (χ2v) is 33.5. The van der Waals surface area contributed by atoms with Crippen molar-refractivity contribution >= 4 is 134 Å². The Balaban J connectivity index is 0.000000134. The molecule has 107 heavy (non-hydrogen) atoms. The van der Waals surface area contributed by atoms with E-state index in [1.165, 1.54) is 51.8 Å². The Morgan fingerprint density at radius 3 is 1.13 bits per heavy atom. The van der Waals surface area contributed by atoms with Crippen LogP contribution in [0.15, 0.2) is 370 Å². The number of halogens is 3. The van der Waals surface area contributed by atoms with Gasteiger partial charge >= 0.3 is 42.1 Å². The van der Waals surface area contributed by atoms with Gasteiger partial charge in [0.05, 0.1) is 37.7 Å². The number of fused-ring (bicyclic) bond motifs is 2. The molecule has 16 rings (SSSR count). The molecule has 10 aromatic carbocycles. The summed E-state index contributed by atoms with van der Waals surface area (Å²) in [6.07, 6.45) is 13.6. The van der Waals surface area contributed by atoms with Gasteiger partial charge in [0.2, 0.25) is 0 Å². The van der Waals surface area contributed by atoms with Crippen LogP contribution >= 0.6 is 57.5 Å². The zero-order chi connectivity index (χ0) is 75.0. The molecule has 0 fully saturated rings. The van der Waals surface area contributed by atoms with E-state index in [-0.39, 0.29) is 20.8 Å². The zero-order valence-electron chi connectivity index (χ0n) is 58.6. The predicted molar refractivity (Wildman–Crippen MR) is 446 cm³/mol. The molecule has 14 nitrogen and oxygen atoms in total. The normalized spacial score (nSPS) is 11.0. The summed E-state index contributed by atoms with van der Waals surface area (Å²) in [6, 6.07) is 107. The van der Waals surface area contributed by atoms with Crippen LogP contribution < -0.4 is 46.8 Å². The molecule has 6 aromatic heterocycles. The van der Waals surface area contributed by atoms with Crippen molar-refractivity contribution in [2.45, 2.75) is 10.4 Å². The quantitative estimate of drug-likeness (QED) is 0.0412. The second-order valence-electron chi connectivity index (χ2n) is 23.8. The molecular formula is C85H74BCl2IN8O6P2PdS. The summed E-state index contributed by atoms with van der Waals surface area (Å²) in [7, 11) is 10.4.